The van der Waals surface area contributed by atoms with E-state index in [0.29, 0.717) is 54.2 Å². The summed E-state index contributed by atoms with van der Waals surface area (Å²) in [7, 11) is 0. The Hall–Kier alpha value is -3.49. The summed E-state index contributed by atoms with van der Waals surface area (Å²) in [5.41, 5.74) is 1.26. The van der Waals surface area contributed by atoms with Crippen molar-refractivity contribution in [3.05, 3.63) is 42.4 Å². The van der Waals surface area contributed by atoms with E-state index in [1.165, 1.54) is 18.2 Å². The maximum Gasteiger partial charge on any atom is 0.407 e. The smallest absolute Gasteiger partial charge is 0.407 e. The van der Waals surface area contributed by atoms with Crippen LogP contribution in [0.4, 0.5) is 4.79 Å². The van der Waals surface area contributed by atoms with E-state index in [-0.39, 0.29) is 11.8 Å². The second-order valence-electron chi connectivity index (χ2n) is 6.69. The fourth-order valence-electron chi connectivity index (χ4n) is 3.36. The minimum atomic E-state index is -0.891. The van der Waals surface area contributed by atoms with Crippen LogP contribution in [-0.4, -0.2) is 54.7 Å². The van der Waals surface area contributed by atoms with Gasteiger partial charge in [0.2, 0.25) is 5.88 Å². The zero-order chi connectivity index (χ0) is 19.7. The van der Waals surface area contributed by atoms with Gasteiger partial charge in [-0.25, -0.2) is 19.4 Å². The first kappa shape index (κ1) is 17.9. The number of aromatic nitrogens is 4. The molecule has 9 heteroatoms. The van der Waals surface area contributed by atoms with Crippen molar-refractivity contribution in [2.45, 2.75) is 25.8 Å². The highest BCUT2D eigenvalue weighted by Crippen LogP contribution is 2.30. The van der Waals surface area contributed by atoms with Gasteiger partial charge in [0.15, 0.2) is 11.4 Å². The van der Waals surface area contributed by atoms with E-state index in [0.717, 1.165) is 0 Å². The molecular formula is C19H19N5O4. The molecule has 3 aromatic rings. The second kappa shape index (κ2) is 7.26. The van der Waals surface area contributed by atoms with E-state index in [1.54, 1.807) is 30.5 Å². The molecule has 0 unspecified atom stereocenters. The van der Waals surface area contributed by atoms with Crippen LogP contribution in [0.25, 0.3) is 11.0 Å². The van der Waals surface area contributed by atoms with Crippen molar-refractivity contribution in [1.82, 2.24) is 24.6 Å². The van der Waals surface area contributed by atoms with Crippen LogP contribution in [0.15, 0.2) is 36.8 Å². The minimum Gasteiger partial charge on any atom is -0.465 e. The Labute approximate surface area is 160 Å². The highest BCUT2D eigenvalue weighted by Gasteiger charge is 2.26. The molecule has 1 fully saturated rings. The summed E-state index contributed by atoms with van der Waals surface area (Å²) in [5.74, 6) is 0.938. The van der Waals surface area contributed by atoms with Crippen LogP contribution < -0.4 is 4.74 Å². The summed E-state index contributed by atoms with van der Waals surface area (Å²) in [4.78, 5) is 32.4. The third-order valence-electron chi connectivity index (χ3n) is 4.91. The zero-order valence-corrected chi connectivity index (χ0v) is 15.3. The Morgan fingerprint density at radius 3 is 2.50 bits per heavy atom. The van der Waals surface area contributed by atoms with Crippen molar-refractivity contribution in [3.8, 4) is 11.6 Å². The highest BCUT2D eigenvalue weighted by atomic mass is 16.5. The Balaban J connectivity index is 1.57. The molecule has 0 aliphatic carbocycles. The number of likely N-dealkylation sites (tertiary alicyclic amines) is 1. The van der Waals surface area contributed by atoms with Gasteiger partial charge < -0.3 is 14.7 Å². The Kier molecular flexibility index (Phi) is 4.64. The molecule has 2 aromatic heterocycles. The number of carboxylic acid groups (broad SMARTS) is 1. The fraction of sp³-hybridized carbons (Fsp3) is 0.316. The first-order valence-corrected chi connectivity index (χ1v) is 8.98. The number of amides is 1. The van der Waals surface area contributed by atoms with E-state index >= 15 is 0 Å². The lowest BCUT2D eigenvalue weighted by molar-refractivity contribution is 0.101. The fourth-order valence-corrected chi connectivity index (χ4v) is 3.36. The number of rotatable bonds is 4. The molecule has 9 nitrogen and oxygen atoms in total. The molecule has 4 rings (SSSR count). The van der Waals surface area contributed by atoms with Gasteiger partial charge in [-0.1, -0.05) is 0 Å². The van der Waals surface area contributed by atoms with E-state index in [2.05, 4.69) is 15.1 Å². The molecule has 0 bridgehead atoms. The van der Waals surface area contributed by atoms with E-state index in [1.807, 2.05) is 4.68 Å². The number of piperidine rings is 1. The molecule has 28 heavy (non-hydrogen) atoms. The van der Waals surface area contributed by atoms with E-state index in [9.17, 15) is 9.59 Å². The highest BCUT2D eigenvalue weighted by molar-refractivity contribution is 5.94. The summed E-state index contributed by atoms with van der Waals surface area (Å²) < 4.78 is 7.70. The normalized spacial score (nSPS) is 15.0. The monoisotopic (exact) mass is 381 g/mol. The Morgan fingerprint density at radius 2 is 1.86 bits per heavy atom. The summed E-state index contributed by atoms with van der Waals surface area (Å²) in [6.45, 7) is 2.45. The van der Waals surface area contributed by atoms with Gasteiger partial charge in [-0.3, -0.25) is 4.79 Å². The number of hydrogen-bond acceptors (Lipinski definition) is 6. The van der Waals surface area contributed by atoms with E-state index in [4.69, 9.17) is 9.84 Å². The van der Waals surface area contributed by atoms with Crippen LogP contribution in [0.3, 0.4) is 0 Å². The van der Waals surface area contributed by atoms with Gasteiger partial charge in [-0.05, 0) is 44.0 Å². The van der Waals surface area contributed by atoms with Crippen LogP contribution in [-0.2, 0) is 0 Å². The van der Waals surface area contributed by atoms with Crippen molar-refractivity contribution in [1.29, 1.82) is 0 Å². The third-order valence-corrected chi connectivity index (χ3v) is 4.91. The standard InChI is InChI=1S/C19H19N5O4/c1-12(25)13-2-4-15(5-3-13)28-18-16-10-22-24(17(16)20-11-21-18)14-6-8-23(9-7-14)19(26)27/h2-5,10-11,14H,6-9H2,1H3,(H,26,27). The lowest BCUT2D eigenvalue weighted by Crippen LogP contribution is -2.38. The molecule has 1 amide bonds. The van der Waals surface area contributed by atoms with Gasteiger partial charge in [-0.2, -0.15) is 5.10 Å². The molecule has 1 aliphatic heterocycles. The van der Waals surface area contributed by atoms with Gasteiger partial charge in [0, 0.05) is 18.7 Å². The van der Waals surface area contributed by atoms with Gasteiger partial charge in [0.25, 0.3) is 0 Å². The molecule has 0 radical (unpaired) electrons. The molecular weight excluding hydrogens is 362 g/mol. The van der Waals surface area contributed by atoms with Crippen molar-refractivity contribution in [2.24, 2.45) is 0 Å². The Bertz CT molecular complexity index is 1020. The van der Waals surface area contributed by atoms with Crippen LogP contribution >= 0.6 is 0 Å². The predicted octanol–water partition coefficient (Wildman–Crippen LogP) is 3.14. The average Bonchev–Trinajstić information content (AvgIpc) is 3.13. The number of ether oxygens (including phenoxy) is 1. The van der Waals surface area contributed by atoms with Gasteiger partial charge in [-0.15, -0.1) is 0 Å². The number of carbonyl (C=O) groups excluding carboxylic acids is 1. The molecule has 1 aliphatic rings. The number of nitrogens with zero attached hydrogens (tertiary/aromatic N) is 5. The van der Waals surface area contributed by atoms with Crippen LogP contribution in [0.1, 0.15) is 36.2 Å². The van der Waals surface area contributed by atoms with Crippen molar-refractivity contribution < 1.29 is 19.4 Å². The van der Waals surface area contributed by atoms with Gasteiger partial charge in [0.05, 0.1) is 12.2 Å². The molecule has 3 heterocycles. The zero-order valence-electron chi connectivity index (χ0n) is 15.3. The molecule has 1 N–H and O–H groups in total. The summed E-state index contributed by atoms with van der Waals surface area (Å²) in [5, 5.41) is 14.2. The van der Waals surface area contributed by atoms with E-state index < -0.39 is 6.09 Å². The number of Topliss-reactive ketones (excluding diaryl/α,β-unsaturated/α-hetero) is 1. The van der Waals surface area contributed by atoms with Gasteiger partial charge >= 0.3 is 6.09 Å². The van der Waals surface area contributed by atoms with Crippen molar-refractivity contribution in [3.63, 3.8) is 0 Å². The molecule has 1 saturated heterocycles. The lowest BCUT2D eigenvalue weighted by Gasteiger charge is -2.30. The first-order chi connectivity index (χ1) is 13.5. The third kappa shape index (κ3) is 3.38. The maximum absolute atomic E-state index is 11.4. The number of benzene rings is 1. The second-order valence-corrected chi connectivity index (χ2v) is 6.69. The van der Waals surface area contributed by atoms with Gasteiger partial charge in [0.1, 0.15) is 17.5 Å². The minimum absolute atomic E-state index is 0.00815. The van der Waals surface area contributed by atoms with Crippen molar-refractivity contribution in [2.75, 3.05) is 13.1 Å². The number of fused-ring (bicyclic) bond motifs is 1. The predicted molar refractivity (Wildman–Crippen MR) is 99.7 cm³/mol. The molecule has 0 atom stereocenters. The van der Waals surface area contributed by atoms with Crippen LogP contribution in [0, 0.1) is 0 Å². The average molecular weight is 381 g/mol. The molecule has 0 saturated carbocycles. The number of carbonyl (C=O) groups is 2. The first-order valence-electron chi connectivity index (χ1n) is 8.98. The van der Waals surface area contributed by atoms with Crippen LogP contribution in [0.5, 0.6) is 11.6 Å². The summed E-state index contributed by atoms with van der Waals surface area (Å²) in [6, 6.07) is 6.92. The lowest BCUT2D eigenvalue weighted by atomic mass is 10.1. The molecule has 144 valence electrons. The summed E-state index contributed by atoms with van der Waals surface area (Å²) in [6.07, 6.45) is 3.55. The molecule has 0 spiro atoms. The molecule has 1 aromatic carbocycles. The number of ketones is 1. The Morgan fingerprint density at radius 1 is 1.14 bits per heavy atom. The van der Waals surface area contributed by atoms with Crippen molar-refractivity contribution >= 4 is 22.9 Å². The SMILES string of the molecule is CC(=O)c1ccc(Oc2ncnc3c2cnn3C2CCN(C(=O)O)CC2)cc1. The summed E-state index contributed by atoms with van der Waals surface area (Å²) >= 11 is 0. The quantitative estimate of drug-likeness (QED) is 0.691. The topological polar surface area (TPSA) is 110 Å². The van der Waals surface area contributed by atoms with Crippen LogP contribution in [0.2, 0.25) is 0 Å². The number of hydrogen-bond donors (Lipinski definition) is 1. The maximum atomic E-state index is 11.4. The largest absolute Gasteiger partial charge is 0.465 e.